The zero-order valence-corrected chi connectivity index (χ0v) is 31.5. The number of alkyl halides is 1. The summed E-state index contributed by atoms with van der Waals surface area (Å²) in [5.41, 5.74) is 2.09. The van der Waals surface area contributed by atoms with Gasteiger partial charge in [-0.25, -0.2) is 22.1 Å². The number of halogens is 4. The van der Waals surface area contributed by atoms with Crippen molar-refractivity contribution in [3.63, 3.8) is 0 Å². The number of carbonyl (C=O) groups excluding carboxylic acids is 1. The summed E-state index contributed by atoms with van der Waals surface area (Å²) in [5, 5.41) is 20.9. The van der Waals surface area contributed by atoms with Gasteiger partial charge in [-0.2, -0.15) is 20.2 Å². The van der Waals surface area contributed by atoms with Crippen molar-refractivity contribution in [1.29, 1.82) is 0 Å². The van der Waals surface area contributed by atoms with Gasteiger partial charge in [-0.3, -0.25) is 14.4 Å². The van der Waals surface area contributed by atoms with Crippen molar-refractivity contribution in [3.05, 3.63) is 70.4 Å². The average Bonchev–Trinajstić information content (AvgIpc) is 3.91. The Morgan fingerprint density at radius 1 is 1.07 bits per heavy atom. The minimum Gasteiger partial charge on any atom is -0.505 e. The molecule has 292 valence electrons. The summed E-state index contributed by atoms with van der Waals surface area (Å²) in [6, 6.07) is 5.61. The number of phenols is 1. The molecule has 4 aromatic heterocycles. The van der Waals surface area contributed by atoms with E-state index >= 15 is 13.2 Å². The van der Waals surface area contributed by atoms with E-state index in [1.807, 2.05) is 11.8 Å². The molecule has 2 saturated heterocycles. The molecular formula is C40H41F4N9O3. The Balaban J connectivity index is 1.27. The minimum atomic E-state index is -0.965. The lowest BCUT2D eigenvalue weighted by atomic mass is 9.92. The van der Waals surface area contributed by atoms with Crippen LogP contribution in [0.4, 0.5) is 23.4 Å². The first-order chi connectivity index (χ1) is 26.9. The molecule has 1 N–H and O–H groups in total. The Labute approximate surface area is 319 Å². The molecule has 0 aliphatic carbocycles. The van der Waals surface area contributed by atoms with Gasteiger partial charge in [0.05, 0.1) is 46.1 Å². The van der Waals surface area contributed by atoms with Crippen molar-refractivity contribution < 1.29 is 32.2 Å². The topological polar surface area (TPSA) is 117 Å². The van der Waals surface area contributed by atoms with Crippen molar-refractivity contribution in [3.8, 4) is 23.0 Å². The molecule has 0 spiro atoms. The highest BCUT2D eigenvalue weighted by molar-refractivity contribution is 6.08. The molecule has 56 heavy (non-hydrogen) atoms. The number of phenolic OH excluding ortho intramolecular Hbond substituents is 1. The number of aromatic hydroxyl groups is 1. The summed E-state index contributed by atoms with van der Waals surface area (Å²) in [6.07, 6.45) is 3.46. The highest BCUT2D eigenvalue weighted by Gasteiger charge is 2.49. The van der Waals surface area contributed by atoms with Crippen LogP contribution in [0.2, 0.25) is 0 Å². The van der Waals surface area contributed by atoms with Crippen LogP contribution in [-0.2, 0) is 19.5 Å². The number of carbonyl (C=O) groups is 1. The normalized spacial score (nSPS) is 19.9. The van der Waals surface area contributed by atoms with E-state index in [9.17, 15) is 14.3 Å². The molecule has 0 radical (unpaired) electrons. The van der Waals surface area contributed by atoms with E-state index in [0.717, 1.165) is 19.4 Å². The molecule has 6 aromatic rings. The largest absolute Gasteiger partial charge is 0.505 e. The molecule has 7 heterocycles. The summed E-state index contributed by atoms with van der Waals surface area (Å²) in [5.74, 6) is -2.81. The fraction of sp³-hybridized carbons (Fsp3) is 0.425. The second-order valence-electron chi connectivity index (χ2n) is 15.4. The van der Waals surface area contributed by atoms with Crippen molar-refractivity contribution in [2.75, 3.05) is 45.2 Å². The van der Waals surface area contributed by atoms with Gasteiger partial charge >= 0.3 is 6.01 Å². The zero-order chi connectivity index (χ0) is 39.2. The number of hydrogen-bond donors (Lipinski definition) is 1. The van der Waals surface area contributed by atoms with Gasteiger partial charge in [-0.05, 0) is 69.0 Å². The van der Waals surface area contributed by atoms with Gasteiger partial charge in [0.15, 0.2) is 23.1 Å². The first-order valence-corrected chi connectivity index (χ1v) is 19.0. The van der Waals surface area contributed by atoms with E-state index in [1.165, 1.54) is 27.8 Å². The van der Waals surface area contributed by atoms with Crippen LogP contribution >= 0.6 is 0 Å². The zero-order valence-electron chi connectivity index (χ0n) is 31.5. The quantitative estimate of drug-likeness (QED) is 0.185. The Morgan fingerprint density at radius 2 is 1.89 bits per heavy atom. The summed E-state index contributed by atoms with van der Waals surface area (Å²) < 4.78 is 71.4. The molecule has 2 aromatic carbocycles. The maximum atomic E-state index is 16.1. The molecule has 2 fully saturated rings. The molecular weight excluding hydrogens is 730 g/mol. The molecule has 16 heteroatoms. The predicted molar refractivity (Wildman–Crippen MR) is 201 cm³/mol. The number of anilines is 1. The van der Waals surface area contributed by atoms with E-state index in [0.29, 0.717) is 76.9 Å². The predicted octanol–water partition coefficient (Wildman–Crippen LogP) is 6.36. The Bertz CT molecular complexity index is 2590. The lowest BCUT2D eigenvalue weighted by molar-refractivity contribution is 0.0816. The lowest BCUT2D eigenvalue weighted by Crippen LogP contribution is -2.43. The van der Waals surface area contributed by atoms with Gasteiger partial charge in [0.2, 0.25) is 0 Å². The number of nitrogens with zero attached hydrogens (tertiary/aromatic N) is 9. The monoisotopic (exact) mass is 771 g/mol. The fourth-order valence-corrected chi connectivity index (χ4v) is 9.20. The number of hydrogen-bond acceptors (Lipinski definition) is 9. The van der Waals surface area contributed by atoms with Gasteiger partial charge in [-0.1, -0.05) is 6.92 Å². The van der Waals surface area contributed by atoms with E-state index in [1.54, 1.807) is 37.8 Å². The molecule has 3 aliphatic rings. The van der Waals surface area contributed by atoms with E-state index < -0.39 is 40.8 Å². The van der Waals surface area contributed by atoms with E-state index in [2.05, 4.69) is 15.1 Å². The minimum absolute atomic E-state index is 0.0169. The Morgan fingerprint density at radius 3 is 2.68 bits per heavy atom. The number of rotatable bonds is 7. The molecule has 1 amide bonds. The molecule has 3 aliphatic heterocycles. The molecule has 0 saturated carbocycles. The van der Waals surface area contributed by atoms with Gasteiger partial charge in [-0.15, -0.1) is 0 Å². The summed E-state index contributed by atoms with van der Waals surface area (Å²) >= 11 is 0. The van der Waals surface area contributed by atoms with Crippen LogP contribution in [0.3, 0.4) is 0 Å². The third kappa shape index (κ3) is 5.46. The molecule has 0 bridgehead atoms. The van der Waals surface area contributed by atoms with Crippen LogP contribution in [-0.4, -0.2) is 102 Å². The first-order valence-electron chi connectivity index (χ1n) is 19.0. The smallest absolute Gasteiger partial charge is 0.319 e. The second kappa shape index (κ2) is 13.3. The third-order valence-corrected chi connectivity index (χ3v) is 11.8. The van der Waals surface area contributed by atoms with Crippen molar-refractivity contribution in [1.82, 2.24) is 39.2 Å². The van der Waals surface area contributed by atoms with Crippen LogP contribution in [0, 0.1) is 24.4 Å². The van der Waals surface area contributed by atoms with Gasteiger partial charge in [0.25, 0.3) is 5.91 Å². The first kappa shape index (κ1) is 36.1. The van der Waals surface area contributed by atoms with Gasteiger partial charge in [0.1, 0.15) is 24.4 Å². The molecule has 12 nitrogen and oxygen atoms in total. The lowest BCUT2D eigenvalue weighted by Gasteiger charge is -2.31. The van der Waals surface area contributed by atoms with E-state index in [4.69, 9.17) is 14.7 Å². The maximum absolute atomic E-state index is 16.1. The highest BCUT2D eigenvalue weighted by Crippen LogP contribution is 2.44. The van der Waals surface area contributed by atoms with Gasteiger partial charge < -0.3 is 19.6 Å². The van der Waals surface area contributed by atoms with Crippen LogP contribution < -0.4 is 9.64 Å². The number of benzene rings is 2. The molecule has 9 rings (SSSR count). The second-order valence-corrected chi connectivity index (χ2v) is 15.4. The van der Waals surface area contributed by atoms with E-state index in [-0.39, 0.29) is 47.9 Å². The maximum Gasteiger partial charge on any atom is 0.319 e. The van der Waals surface area contributed by atoms with Crippen LogP contribution in [0.25, 0.3) is 38.4 Å². The number of aryl methyl sites for hydroxylation is 3. The summed E-state index contributed by atoms with van der Waals surface area (Å²) in [6.45, 7) is 5.69. The van der Waals surface area contributed by atoms with Gasteiger partial charge in [0, 0.05) is 62.0 Å². The highest BCUT2D eigenvalue weighted by atomic mass is 19.1. The third-order valence-electron chi connectivity index (χ3n) is 11.8. The molecule has 2 atom stereocenters. The van der Waals surface area contributed by atoms with Crippen LogP contribution in [0.1, 0.15) is 59.9 Å². The number of aromatic nitrogens is 6. The summed E-state index contributed by atoms with van der Waals surface area (Å²) in [4.78, 5) is 28.2. The Kier molecular flexibility index (Phi) is 8.59. The number of ether oxygens (including phenoxy) is 1. The standard InChI is InChI=1S/C40H41F4N9O3/c1-5-23-26(42)9-8-24-30(23)25(16-29(54)32(24)43)36-21(2)34-31(27-10-12-45-53(27)36)37(47-39(46-34)56-20-40-11-6-14-51(40)18-22(41)17-40)50-13-7-15-52-28(19-50)33(44)35(48-52)38(55)49(3)4/h8-10,12,16,22,54H,5-7,11,13-15,17-20H2,1-4H3. The fourth-order valence-electron chi connectivity index (χ4n) is 9.20. The van der Waals surface area contributed by atoms with Crippen molar-refractivity contribution in [2.24, 2.45) is 0 Å². The van der Waals surface area contributed by atoms with Crippen LogP contribution in [0.5, 0.6) is 11.8 Å². The molecule has 2 unspecified atom stereocenters. The SMILES string of the molecule is CCc1c(F)ccc2c(F)c(O)cc(-c3c(C)c4nc(OCC56CCCN5CC(F)C6)nc(N5CCCn6nc(C(=O)N(C)C)c(F)c6C5)c4c4ccnn34)c12. The van der Waals surface area contributed by atoms with Crippen molar-refractivity contribution >= 4 is 38.9 Å². The Hall–Kier alpha value is -5.51. The van der Waals surface area contributed by atoms with Crippen molar-refractivity contribution in [2.45, 2.75) is 70.8 Å². The number of amides is 1. The average molecular weight is 772 g/mol. The number of fused-ring (bicyclic) bond motifs is 6. The number of pyridine rings is 1. The summed E-state index contributed by atoms with van der Waals surface area (Å²) in [7, 11) is 3.08. The van der Waals surface area contributed by atoms with Crippen LogP contribution in [0.15, 0.2) is 30.5 Å².